The molecule has 1 N–H and O–H groups in total. The van der Waals surface area contributed by atoms with Crippen molar-refractivity contribution >= 4 is 15.7 Å². The second kappa shape index (κ2) is 5.63. The van der Waals surface area contributed by atoms with Gasteiger partial charge < -0.3 is 10.2 Å². The average molecular weight is 286 g/mol. The number of nitrogens with zero attached hydrogens (tertiary/aromatic N) is 1. The lowest BCUT2D eigenvalue weighted by Gasteiger charge is -2.34. The first-order chi connectivity index (χ1) is 8.87. The van der Waals surface area contributed by atoms with E-state index in [-0.39, 0.29) is 23.6 Å². The summed E-state index contributed by atoms with van der Waals surface area (Å²) in [6.45, 7) is 6.20. The first-order valence-corrected chi connectivity index (χ1v) is 8.54. The van der Waals surface area contributed by atoms with Crippen molar-refractivity contribution in [3.8, 4) is 0 Å². The summed E-state index contributed by atoms with van der Waals surface area (Å²) >= 11 is 0. The second-order valence-corrected chi connectivity index (χ2v) is 7.61. The van der Waals surface area contributed by atoms with Crippen molar-refractivity contribution in [2.75, 3.05) is 18.8 Å². The predicted octanol–water partition coefficient (Wildman–Crippen LogP) is 0.534. The smallest absolute Gasteiger partial charge is 0.223 e. The standard InChI is InChI=1S/C13H22N2O3S/c1-10(2)15-6-3-11(4-7-15)13(16)14-12-5-8-19(17,18)9-12/h5,8,10-12H,3-4,6-7,9H2,1-2H3,(H,14,16)/t12-/m1/s1. The molecule has 2 rings (SSSR count). The number of sulfone groups is 1. The van der Waals surface area contributed by atoms with E-state index in [0.717, 1.165) is 25.9 Å². The molecule has 2 aliphatic rings. The fourth-order valence-corrected chi connectivity index (χ4v) is 3.88. The first-order valence-electron chi connectivity index (χ1n) is 6.83. The van der Waals surface area contributed by atoms with Crippen LogP contribution in [0.4, 0.5) is 0 Å². The molecule has 6 heteroatoms. The van der Waals surface area contributed by atoms with Gasteiger partial charge in [0.2, 0.25) is 5.91 Å². The molecule has 0 aliphatic carbocycles. The topological polar surface area (TPSA) is 66.5 Å². The van der Waals surface area contributed by atoms with Crippen molar-refractivity contribution in [2.45, 2.75) is 38.8 Å². The van der Waals surface area contributed by atoms with Crippen LogP contribution in [0, 0.1) is 5.92 Å². The number of hydrogen-bond acceptors (Lipinski definition) is 4. The van der Waals surface area contributed by atoms with E-state index in [2.05, 4.69) is 24.1 Å². The van der Waals surface area contributed by atoms with Crippen LogP contribution in [0.5, 0.6) is 0 Å². The van der Waals surface area contributed by atoms with E-state index in [1.807, 2.05) is 0 Å². The van der Waals surface area contributed by atoms with Crippen molar-refractivity contribution in [1.29, 1.82) is 0 Å². The Morgan fingerprint density at radius 3 is 2.42 bits per heavy atom. The molecule has 0 spiro atoms. The van der Waals surface area contributed by atoms with Gasteiger partial charge in [-0.05, 0) is 45.9 Å². The van der Waals surface area contributed by atoms with Gasteiger partial charge in [-0.2, -0.15) is 0 Å². The lowest BCUT2D eigenvalue weighted by molar-refractivity contribution is -0.126. The Labute approximate surface area is 115 Å². The van der Waals surface area contributed by atoms with Gasteiger partial charge >= 0.3 is 0 Å². The van der Waals surface area contributed by atoms with Gasteiger partial charge in [0.25, 0.3) is 0 Å². The Balaban J connectivity index is 1.81. The molecule has 1 saturated heterocycles. The third-order valence-corrected chi connectivity index (χ3v) is 5.28. The van der Waals surface area contributed by atoms with Crippen LogP contribution in [-0.4, -0.2) is 50.2 Å². The molecule has 0 saturated carbocycles. The highest BCUT2D eigenvalue weighted by Gasteiger charge is 2.29. The minimum Gasteiger partial charge on any atom is -0.349 e. The predicted molar refractivity (Wildman–Crippen MR) is 74.3 cm³/mol. The van der Waals surface area contributed by atoms with Crippen LogP contribution in [0.15, 0.2) is 11.5 Å². The van der Waals surface area contributed by atoms with E-state index >= 15 is 0 Å². The molecule has 2 heterocycles. The Hall–Kier alpha value is -0.880. The lowest BCUT2D eigenvalue weighted by atomic mass is 9.95. The summed E-state index contributed by atoms with van der Waals surface area (Å²) < 4.78 is 22.5. The minimum atomic E-state index is -3.10. The second-order valence-electron chi connectivity index (χ2n) is 5.68. The monoisotopic (exact) mass is 286 g/mol. The summed E-state index contributed by atoms with van der Waals surface area (Å²) in [6.07, 6.45) is 3.27. The summed E-state index contributed by atoms with van der Waals surface area (Å²) in [7, 11) is -3.10. The van der Waals surface area contributed by atoms with E-state index in [1.54, 1.807) is 6.08 Å². The van der Waals surface area contributed by atoms with Gasteiger partial charge in [-0.15, -0.1) is 0 Å². The highest BCUT2D eigenvalue weighted by Crippen LogP contribution is 2.19. The number of rotatable bonds is 3. The van der Waals surface area contributed by atoms with Crippen LogP contribution >= 0.6 is 0 Å². The Bertz CT molecular complexity index is 462. The van der Waals surface area contributed by atoms with Crippen molar-refractivity contribution < 1.29 is 13.2 Å². The molecule has 0 unspecified atom stereocenters. The molecule has 0 aromatic heterocycles. The van der Waals surface area contributed by atoms with Crippen LogP contribution in [0.1, 0.15) is 26.7 Å². The summed E-state index contributed by atoms with van der Waals surface area (Å²) in [5.41, 5.74) is 0. The molecule has 2 aliphatic heterocycles. The van der Waals surface area contributed by atoms with Gasteiger partial charge in [-0.3, -0.25) is 4.79 Å². The quantitative estimate of drug-likeness (QED) is 0.822. The Morgan fingerprint density at radius 2 is 1.95 bits per heavy atom. The molecule has 0 bridgehead atoms. The zero-order chi connectivity index (χ0) is 14.0. The van der Waals surface area contributed by atoms with Crippen LogP contribution in [-0.2, 0) is 14.6 Å². The highest BCUT2D eigenvalue weighted by molar-refractivity contribution is 7.94. The largest absolute Gasteiger partial charge is 0.349 e. The van der Waals surface area contributed by atoms with Crippen molar-refractivity contribution in [2.24, 2.45) is 5.92 Å². The molecule has 0 aromatic carbocycles. The first kappa shape index (κ1) is 14.5. The third kappa shape index (κ3) is 3.79. The fraction of sp³-hybridized carbons (Fsp3) is 0.769. The summed E-state index contributed by atoms with van der Waals surface area (Å²) in [4.78, 5) is 14.4. The van der Waals surface area contributed by atoms with Gasteiger partial charge in [0.05, 0.1) is 11.8 Å². The molecular weight excluding hydrogens is 264 g/mol. The van der Waals surface area contributed by atoms with Gasteiger partial charge in [-0.25, -0.2) is 8.42 Å². The number of carbonyl (C=O) groups excluding carboxylic acids is 1. The maximum Gasteiger partial charge on any atom is 0.223 e. The van der Waals surface area contributed by atoms with E-state index in [0.29, 0.717) is 6.04 Å². The molecule has 1 atom stereocenters. The molecule has 1 fully saturated rings. The normalized spacial score (nSPS) is 27.8. The number of hydrogen-bond donors (Lipinski definition) is 1. The summed E-state index contributed by atoms with van der Waals surface area (Å²) in [5, 5.41) is 4.02. The van der Waals surface area contributed by atoms with Crippen molar-refractivity contribution in [3.05, 3.63) is 11.5 Å². The molecular formula is C13H22N2O3S. The van der Waals surface area contributed by atoms with Crippen molar-refractivity contribution in [1.82, 2.24) is 10.2 Å². The molecule has 0 radical (unpaired) electrons. The van der Waals surface area contributed by atoms with Gasteiger partial charge in [0.1, 0.15) is 0 Å². The van der Waals surface area contributed by atoms with Crippen LogP contribution in [0.3, 0.4) is 0 Å². The van der Waals surface area contributed by atoms with E-state index in [1.165, 1.54) is 5.41 Å². The maximum absolute atomic E-state index is 12.1. The average Bonchev–Trinajstić information content (AvgIpc) is 2.68. The Morgan fingerprint density at radius 1 is 1.32 bits per heavy atom. The van der Waals surface area contributed by atoms with Crippen LogP contribution < -0.4 is 5.32 Å². The zero-order valence-electron chi connectivity index (χ0n) is 11.5. The zero-order valence-corrected chi connectivity index (χ0v) is 12.3. The highest BCUT2D eigenvalue weighted by atomic mass is 32.2. The summed E-state index contributed by atoms with van der Waals surface area (Å²) in [6, 6.07) is 0.174. The van der Waals surface area contributed by atoms with Gasteiger partial charge in [0, 0.05) is 17.4 Å². The van der Waals surface area contributed by atoms with E-state index in [9.17, 15) is 13.2 Å². The lowest BCUT2D eigenvalue weighted by Crippen LogP contribution is -2.45. The van der Waals surface area contributed by atoms with E-state index in [4.69, 9.17) is 0 Å². The fourth-order valence-electron chi connectivity index (χ4n) is 2.64. The maximum atomic E-state index is 12.1. The SMILES string of the molecule is CC(C)N1CCC(C(=O)N[C@@H]2C=CS(=O)(=O)C2)CC1. The molecule has 5 nitrogen and oxygen atoms in total. The number of piperidine rings is 1. The van der Waals surface area contributed by atoms with E-state index < -0.39 is 9.84 Å². The number of nitrogens with one attached hydrogen (secondary N) is 1. The van der Waals surface area contributed by atoms with Crippen LogP contribution in [0.2, 0.25) is 0 Å². The number of amides is 1. The third-order valence-electron chi connectivity index (χ3n) is 3.89. The van der Waals surface area contributed by atoms with Gasteiger partial charge in [0.15, 0.2) is 9.84 Å². The molecule has 108 valence electrons. The Kier molecular flexibility index (Phi) is 4.30. The molecule has 1 amide bonds. The summed E-state index contributed by atoms with van der Waals surface area (Å²) in [5.74, 6) is 0.0192. The van der Waals surface area contributed by atoms with Gasteiger partial charge in [-0.1, -0.05) is 0 Å². The molecule has 0 aromatic rings. The number of likely N-dealkylation sites (tertiary alicyclic amines) is 1. The van der Waals surface area contributed by atoms with Crippen LogP contribution in [0.25, 0.3) is 0 Å². The minimum absolute atomic E-state index is 0.00355. The van der Waals surface area contributed by atoms with Crippen molar-refractivity contribution in [3.63, 3.8) is 0 Å². The molecule has 19 heavy (non-hydrogen) atoms. The number of carbonyl (C=O) groups is 1.